The van der Waals surface area contributed by atoms with Gasteiger partial charge in [-0.2, -0.15) is 0 Å². The van der Waals surface area contributed by atoms with Gasteiger partial charge >= 0.3 is 0 Å². The number of aromatic nitrogens is 2. The van der Waals surface area contributed by atoms with Gasteiger partial charge in [0.2, 0.25) is 0 Å². The van der Waals surface area contributed by atoms with Crippen LogP contribution in [0.3, 0.4) is 0 Å². The summed E-state index contributed by atoms with van der Waals surface area (Å²) in [7, 11) is 0. The van der Waals surface area contributed by atoms with Crippen LogP contribution >= 0.6 is 11.6 Å². The zero-order valence-corrected chi connectivity index (χ0v) is 11.5. The number of aliphatic hydroxyl groups excluding tert-OH is 1. The summed E-state index contributed by atoms with van der Waals surface area (Å²) in [4.78, 5) is 4.68. The van der Waals surface area contributed by atoms with Crippen LogP contribution in [0.1, 0.15) is 23.5 Å². The second-order valence-corrected chi connectivity index (χ2v) is 5.63. The zero-order valence-electron chi connectivity index (χ0n) is 10.7. The second kappa shape index (κ2) is 5.35. The fraction of sp³-hybridized carbons (Fsp3) is 0.400. The van der Waals surface area contributed by atoms with Gasteiger partial charge in [0, 0.05) is 37.2 Å². The molecule has 19 heavy (non-hydrogen) atoms. The van der Waals surface area contributed by atoms with E-state index >= 15 is 0 Å². The van der Waals surface area contributed by atoms with E-state index in [1.54, 1.807) is 0 Å². The van der Waals surface area contributed by atoms with Gasteiger partial charge < -0.3 is 9.67 Å². The molecule has 1 N–H and O–H groups in total. The molecule has 0 saturated heterocycles. The summed E-state index contributed by atoms with van der Waals surface area (Å²) in [6.07, 6.45) is 4.86. The molecule has 1 aliphatic rings. The number of halogens is 1. The van der Waals surface area contributed by atoms with Crippen molar-refractivity contribution in [1.82, 2.24) is 9.55 Å². The first-order valence-corrected chi connectivity index (χ1v) is 7.02. The van der Waals surface area contributed by atoms with Crippen LogP contribution in [0.15, 0.2) is 30.5 Å². The predicted octanol–water partition coefficient (Wildman–Crippen LogP) is 2.68. The first-order chi connectivity index (χ1) is 9.24. The molecule has 0 bridgehead atoms. The van der Waals surface area contributed by atoms with Crippen LogP contribution in [-0.4, -0.2) is 21.3 Å². The summed E-state index contributed by atoms with van der Waals surface area (Å²) < 4.78 is 2.21. The normalized spacial score (nSPS) is 18.3. The molecule has 1 atom stereocenters. The van der Waals surface area contributed by atoms with Crippen LogP contribution in [0.2, 0.25) is 5.02 Å². The molecule has 0 saturated carbocycles. The Hall–Kier alpha value is -1.32. The summed E-state index contributed by atoms with van der Waals surface area (Å²) in [6.45, 7) is 1.22. The minimum atomic E-state index is 0.260. The van der Waals surface area contributed by atoms with Crippen LogP contribution in [0, 0.1) is 5.92 Å². The van der Waals surface area contributed by atoms with Crippen molar-refractivity contribution >= 4 is 11.6 Å². The highest BCUT2D eigenvalue weighted by Crippen LogP contribution is 2.21. The number of rotatable bonds is 3. The SMILES string of the molecule is OCC1CCn2cc(Cc3cccc(Cl)c3)nc2C1. The number of hydrogen-bond donors (Lipinski definition) is 1. The number of aliphatic hydroxyl groups is 1. The highest BCUT2D eigenvalue weighted by molar-refractivity contribution is 6.30. The summed E-state index contributed by atoms with van der Waals surface area (Å²) in [5.41, 5.74) is 2.26. The molecule has 1 aromatic carbocycles. The molecule has 0 spiro atoms. The number of fused-ring (bicyclic) bond motifs is 1. The predicted molar refractivity (Wildman–Crippen MR) is 75.4 cm³/mol. The largest absolute Gasteiger partial charge is 0.396 e. The van der Waals surface area contributed by atoms with Gasteiger partial charge in [-0.05, 0) is 30.0 Å². The molecular weight excluding hydrogens is 260 g/mol. The van der Waals surface area contributed by atoms with Gasteiger partial charge in [0.15, 0.2) is 0 Å². The standard InChI is InChI=1S/C15H17ClN2O/c16-13-3-1-2-11(6-13)7-14-9-18-5-4-12(10-19)8-15(18)17-14/h1-3,6,9,12,19H,4-5,7-8,10H2. The topological polar surface area (TPSA) is 38.0 Å². The maximum absolute atomic E-state index is 9.24. The highest BCUT2D eigenvalue weighted by atomic mass is 35.5. The molecule has 3 rings (SSSR count). The minimum Gasteiger partial charge on any atom is -0.396 e. The van der Waals surface area contributed by atoms with E-state index in [0.29, 0.717) is 5.92 Å². The lowest BCUT2D eigenvalue weighted by atomic mass is 9.99. The molecule has 3 nitrogen and oxygen atoms in total. The lowest BCUT2D eigenvalue weighted by molar-refractivity contribution is 0.199. The number of hydrogen-bond acceptors (Lipinski definition) is 2. The molecule has 0 aliphatic carbocycles. The fourth-order valence-corrected chi connectivity index (χ4v) is 2.86. The number of imidazole rings is 1. The van der Waals surface area contributed by atoms with E-state index in [0.717, 1.165) is 42.3 Å². The van der Waals surface area contributed by atoms with E-state index in [-0.39, 0.29) is 6.61 Å². The Bertz CT molecular complexity index is 579. The molecule has 1 aromatic heterocycles. The van der Waals surface area contributed by atoms with Crippen LogP contribution in [0.4, 0.5) is 0 Å². The van der Waals surface area contributed by atoms with E-state index in [2.05, 4.69) is 21.8 Å². The van der Waals surface area contributed by atoms with E-state index in [4.69, 9.17) is 11.6 Å². The van der Waals surface area contributed by atoms with Crippen LogP contribution in [0.5, 0.6) is 0 Å². The van der Waals surface area contributed by atoms with E-state index < -0.39 is 0 Å². The van der Waals surface area contributed by atoms with Crippen molar-refractivity contribution in [2.75, 3.05) is 6.61 Å². The molecule has 0 radical (unpaired) electrons. The molecule has 0 amide bonds. The summed E-state index contributed by atoms with van der Waals surface area (Å²) >= 11 is 6.00. The van der Waals surface area contributed by atoms with Crippen molar-refractivity contribution < 1.29 is 5.11 Å². The minimum absolute atomic E-state index is 0.260. The lowest BCUT2D eigenvalue weighted by Crippen LogP contribution is -2.21. The molecule has 2 aromatic rings. The smallest absolute Gasteiger partial charge is 0.109 e. The number of nitrogens with zero attached hydrogens (tertiary/aromatic N) is 2. The molecular formula is C15H17ClN2O. The molecule has 100 valence electrons. The third kappa shape index (κ3) is 2.82. The molecule has 0 fully saturated rings. The molecule has 4 heteroatoms. The van der Waals surface area contributed by atoms with Gasteiger partial charge in [0.05, 0.1) is 5.69 Å². The maximum atomic E-state index is 9.24. The van der Waals surface area contributed by atoms with E-state index in [9.17, 15) is 5.11 Å². The highest BCUT2D eigenvalue weighted by Gasteiger charge is 2.19. The Morgan fingerprint density at radius 2 is 2.32 bits per heavy atom. The molecule has 1 aliphatic heterocycles. The lowest BCUT2D eigenvalue weighted by Gasteiger charge is -2.20. The van der Waals surface area contributed by atoms with E-state index in [1.165, 1.54) is 5.56 Å². The Labute approximate surface area is 117 Å². The van der Waals surface area contributed by atoms with Crippen LogP contribution in [-0.2, 0) is 19.4 Å². The zero-order chi connectivity index (χ0) is 13.2. The Morgan fingerprint density at radius 3 is 3.11 bits per heavy atom. The average Bonchev–Trinajstić information content (AvgIpc) is 2.79. The van der Waals surface area contributed by atoms with Crippen molar-refractivity contribution in [2.24, 2.45) is 5.92 Å². The molecule has 2 heterocycles. The maximum Gasteiger partial charge on any atom is 0.109 e. The first kappa shape index (κ1) is 12.7. The van der Waals surface area contributed by atoms with Crippen molar-refractivity contribution in [1.29, 1.82) is 0 Å². The van der Waals surface area contributed by atoms with Crippen molar-refractivity contribution in [3.05, 3.63) is 52.6 Å². The van der Waals surface area contributed by atoms with Crippen LogP contribution in [0.25, 0.3) is 0 Å². The average molecular weight is 277 g/mol. The summed E-state index contributed by atoms with van der Waals surface area (Å²) in [6, 6.07) is 7.90. The van der Waals surface area contributed by atoms with Gasteiger partial charge in [-0.1, -0.05) is 23.7 Å². The Balaban J connectivity index is 1.78. The van der Waals surface area contributed by atoms with Gasteiger partial charge in [-0.3, -0.25) is 0 Å². The molecule has 1 unspecified atom stereocenters. The summed E-state index contributed by atoms with van der Waals surface area (Å²) in [5.74, 6) is 1.47. The fourth-order valence-electron chi connectivity index (χ4n) is 2.65. The van der Waals surface area contributed by atoms with E-state index in [1.807, 2.05) is 18.2 Å². The van der Waals surface area contributed by atoms with Crippen molar-refractivity contribution in [3.8, 4) is 0 Å². The third-order valence-corrected chi connectivity index (χ3v) is 3.93. The monoisotopic (exact) mass is 276 g/mol. The second-order valence-electron chi connectivity index (χ2n) is 5.19. The van der Waals surface area contributed by atoms with Crippen LogP contribution < -0.4 is 0 Å². The summed E-state index contributed by atoms with van der Waals surface area (Å²) in [5, 5.41) is 10.0. The number of aryl methyl sites for hydroxylation is 1. The van der Waals surface area contributed by atoms with Gasteiger partial charge in [-0.15, -0.1) is 0 Å². The van der Waals surface area contributed by atoms with Gasteiger partial charge in [0.1, 0.15) is 5.82 Å². The van der Waals surface area contributed by atoms with Gasteiger partial charge in [-0.25, -0.2) is 4.98 Å². The van der Waals surface area contributed by atoms with Crippen molar-refractivity contribution in [2.45, 2.75) is 25.8 Å². The Morgan fingerprint density at radius 1 is 1.42 bits per heavy atom. The van der Waals surface area contributed by atoms with Crippen molar-refractivity contribution in [3.63, 3.8) is 0 Å². The Kier molecular flexibility index (Phi) is 3.58. The first-order valence-electron chi connectivity index (χ1n) is 6.65. The quantitative estimate of drug-likeness (QED) is 0.936. The van der Waals surface area contributed by atoms with Gasteiger partial charge in [0.25, 0.3) is 0 Å². The number of benzene rings is 1. The third-order valence-electron chi connectivity index (χ3n) is 3.69.